The predicted octanol–water partition coefficient (Wildman–Crippen LogP) is 3.08. The Morgan fingerprint density at radius 3 is 2.60 bits per heavy atom. The normalized spacial score (nSPS) is 18.6. The smallest absolute Gasteiger partial charge is 0.161 e. The summed E-state index contributed by atoms with van der Waals surface area (Å²) < 4.78 is 11.3. The molecule has 0 bridgehead atoms. The Labute approximate surface area is 146 Å². The van der Waals surface area contributed by atoms with Crippen LogP contribution in [0.2, 0.25) is 0 Å². The first-order valence-corrected chi connectivity index (χ1v) is 8.64. The molecule has 0 radical (unpaired) electrons. The third-order valence-electron chi connectivity index (χ3n) is 4.87. The molecule has 3 aromatic rings. The van der Waals surface area contributed by atoms with Gasteiger partial charge in [-0.15, -0.1) is 0 Å². The van der Waals surface area contributed by atoms with Gasteiger partial charge in [-0.3, -0.25) is 0 Å². The van der Waals surface area contributed by atoms with Crippen LogP contribution in [-0.2, 0) is 6.42 Å². The van der Waals surface area contributed by atoms with Crippen molar-refractivity contribution in [2.45, 2.75) is 12.5 Å². The van der Waals surface area contributed by atoms with E-state index in [0.717, 1.165) is 35.7 Å². The number of ether oxygens (including phenoxy) is 2. The topological polar surface area (TPSA) is 59.2 Å². The van der Waals surface area contributed by atoms with Crippen molar-refractivity contribution in [1.82, 2.24) is 15.3 Å². The molecule has 1 atom stereocenters. The SMILES string of the molecule is c1nc2c([nH]1)CCN[C@@H]2c1ccc(-c2ccc3c(c2)OCCO3)cc1. The van der Waals surface area contributed by atoms with E-state index in [-0.39, 0.29) is 6.04 Å². The van der Waals surface area contributed by atoms with E-state index in [4.69, 9.17) is 9.47 Å². The minimum absolute atomic E-state index is 0.157. The van der Waals surface area contributed by atoms with Crippen molar-refractivity contribution in [3.8, 4) is 22.6 Å². The average molecular weight is 333 g/mol. The quantitative estimate of drug-likeness (QED) is 0.757. The number of nitrogens with zero attached hydrogens (tertiary/aromatic N) is 1. The van der Waals surface area contributed by atoms with Crippen LogP contribution < -0.4 is 14.8 Å². The maximum atomic E-state index is 5.69. The molecule has 1 aromatic heterocycles. The van der Waals surface area contributed by atoms with Crippen LogP contribution in [0.4, 0.5) is 0 Å². The number of aromatic nitrogens is 2. The molecule has 5 rings (SSSR count). The molecular formula is C20H19N3O2. The van der Waals surface area contributed by atoms with E-state index in [2.05, 4.69) is 45.6 Å². The van der Waals surface area contributed by atoms with Crippen molar-refractivity contribution in [1.29, 1.82) is 0 Å². The lowest BCUT2D eigenvalue weighted by Gasteiger charge is -2.23. The van der Waals surface area contributed by atoms with Crippen molar-refractivity contribution < 1.29 is 9.47 Å². The predicted molar refractivity (Wildman–Crippen MR) is 95.0 cm³/mol. The van der Waals surface area contributed by atoms with Crippen molar-refractivity contribution in [2.24, 2.45) is 0 Å². The van der Waals surface area contributed by atoms with Crippen LogP contribution in [0.25, 0.3) is 11.1 Å². The number of hydrogen-bond donors (Lipinski definition) is 2. The van der Waals surface area contributed by atoms with Gasteiger partial charge in [-0.2, -0.15) is 0 Å². The molecule has 25 heavy (non-hydrogen) atoms. The van der Waals surface area contributed by atoms with E-state index in [1.807, 2.05) is 12.1 Å². The van der Waals surface area contributed by atoms with Gasteiger partial charge in [-0.25, -0.2) is 4.98 Å². The fourth-order valence-corrected chi connectivity index (χ4v) is 3.59. The lowest BCUT2D eigenvalue weighted by atomic mass is 9.95. The molecule has 5 nitrogen and oxygen atoms in total. The van der Waals surface area contributed by atoms with Gasteiger partial charge in [0.05, 0.1) is 18.1 Å². The Balaban J connectivity index is 1.45. The van der Waals surface area contributed by atoms with E-state index < -0.39 is 0 Å². The molecule has 0 saturated heterocycles. The van der Waals surface area contributed by atoms with Crippen LogP contribution in [0.3, 0.4) is 0 Å². The monoisotopic (exact) mass is 333 g/mol. The highest BCUT2D eigenvalue weighted by molar-refractivity contribution is 5.67. The van der Waals surface area contributed by atoms with Gasteiger partial charge in [0, 0.05) is 18.7 Å². The van der Waals surface area contributed by atoms with Gasteiger partial charge in [-0.1, -0.05) is 30.3 Å². The third-order valence-corrected chi connectivity index (χ3v) is 4.87. The molecule has 0 unspecified atom stereocenters. The number of benzene rings is 2. The number of fused-ring (bicyclic) bond motifs is 2. The van der Waals surface area contributed by atoms with Gasteiger partial charge in [0.25, 0.3) is 0 Å². The fourth-order valence-electron chi connectivity index (χ4n) is 3.59. The minimum Gasteiger partial charge on any atom is -0.486 e. The summed E-state index contributed by atoms with van der Waals surface area (Å²) >= 11 is 0. The van der Waals surface area contributed by atoms with Crippen LogP contribution in [0.5, 0.6) is 11.5 Å². The fraction of sp³-hybridized carbons (Fsp3) is 0.250. The van der Waals surface area contributed by atoms with Crippen molar-refractivity contribution in [3.05, 3.63) is 65.7 Å². The van der Waals surface area contributed by atoms with Crippen molar-refractivity contribution in [3.63, 3.8) is 0 Å². The summed E-state index contributed by atoms with van der Waals surface area (Å²) in [5, 5.41) is 3.56. The maximum absolute atomic E-state index is 5.69. The highest BCUT2D eigenvalue weighted by Gasteiger charge is 2.23. The number of H-pyrrole nitrogens is 1. The maximum Gasteiger partial charge on any atom is 0.161 e. The molecule has 0 fully saturated rings. The van der Waals surface area contributed by atoms with Crippen LogP contribution >= 0.6 is 0 Å². The van der Waals surface area contributed by atoms with Crippen molar-refractivity contribution in [2.75, 3.05) is 19.8 Å². The highest BCUT2D eigenvalue weighted by atomic mass is 16.6. The first-order valence-electron chi connectivity index (χ1n) is 8.64. The molecular weight excluding hydrogens is 314 g/mol. The van der Waals surface area contributed by atoms with E-state index in [1.165, 1.54) is 16.8 Å². The summed E-state index contributed by atoms with van der Waals surface area (Å²) in [7, 11) is 0. The summed E-state index contributed by atoms with van der Waals surface area (Å²) in [5.41, 5.74) is 5.87. The zero-order valence-electron chi connectivity index (χ0n) is 13.8. The zero-order valence-corrected chi connectivity index (χ0v) is 13.8. The van der Waals surface area contributed by atoms with Crippen molar-refractivity contribution >= 4 is 0 Å². The largest absolute Gasteiger partial charge is 0.486 e. The van der Waals surface area contributed by atoms with E-state index in [0.29, 0.717) is 13.2 Å². The first kappa shape index (κ1) is 14.5. The first-order chi connectivity index (χ1) is 12.4. The molecule has 2 aromatic carbocycles. The van der Waals surface area contributed by atoms with Gasteiger partial charge >= 0.3 is 0 Å². The molecule has 0 saturated carbocycles. The van der Waals surface area contributed by atoms with Crippen LogP contribution in [0.1, 0.15) is 23.0 Å². The average Bonchev–Trinajstić information content (AvgIpc) is 3.17. The number of rotatable bonds is 2. The van der Waals surface area contributed by atoms with Gasteiger partial charge in [0.1, 0.15) is 13.2 Å². The lowest BCUT2D eigenvalue weighted by molar-refractivity contribution is 0.171. The standard InChI is InChI=1S/C20H19N3O2/c1-3-14(19-20-16(7-8-21-19)22-12-23-20)4-2-13(1)15-5-6-17-18(11-15)25-10-9-24-17/h1-6,11-12,19,21H,7-10H2,(H,22,23)/t19-/m1/s1. The lowest BCUT2D eigenvalue weighted by Crippen LogP contribution is -2.30. The molecule has 0 aliphatic carbocycles. The molecule has 5 heteroatoms. The summed E-state index contributed by atoms with van der Waals surface area (Å²) in [6, 6.07) is 14.9. The second-order valence-corrected chi connectivity index (χ2v) is 6.38. The Hall–Kier alpha value is -2.79. The number of imidazole rings is 1. The molecule has 126 valence electrons. The Morgan fingerprint density at radius 2 is 1.72 bits per heavy atom. The van der Waals surface area contributed by atoms with Gasteiger partial charge in [0.15, 0.2) is 11.5 Å². The number of aromatic amines is 1. The molecule has 2 aliphatic rings. The Kier molecular flexibility index (Phi) is 3.45. The van der Waals surface area contributed by atoms with Crippen LogP contribution in [0, 0.1) is 0 Å². The highest BCUT2D eigenvalue weighted by Crippen LogP contribution is 2.35. The van der Waals surface area contributed by atoms with E-state index in [9.17, 15) is 0 Å². The van der Waals surface area contributed by atoms with E-state index in [1.54, 1.807) is 6.33 Å². The van der Waals surface area contributed by atoms with Gasteiger partial charge in [0.2, 0.25) is 0 Å². The molecule has 0 spiro atoms. The van der Waals surface area contributed by atoms with Crippen LogP contribution in [-0.4, -0.2) is 29.7 Å². The second-order valence-electron chi connectivity index (χ2n) is 6.38. The van der Waals surface area contributed by atoms with Gasteiger partial charge < -0.3 is 19.8 Å². The van der Waals surface area contributed by atoms with E-state index >= 15 is 0 Å². The third kappa shape index (κ3) is 2.57. The molecule has 3 heterocycles. The Bertz CT molecular complexity index is 902. The molecule has 0 amide bonds. The number of nitrogens with one attached hydrogen (secondary N) is 2. The minimum atomic E-state index is 0.157. The second kappa shape index (κ2) is 5.93. The molecule has 2 N–H and O–H groups in total. The summed E-state index contributed by atoms with van der Waals surface area (Å²) in [6.07, 6.45) is 2.79. The summed E-state index contributed by atoms with van der Waals surface area (Å²) in [6.45, 7) is 2.18. The van der Waals surface area contributed by atoms with Gasteiger partial charge in [-0.05, 0) is 28.8 Å². The molecule has 2 aliphatic heterocycles. The summed E-state index contributed by atoms with van der Waals surface area (Å²) in [4.78, 5) is 7.74. The zero-order chi connectivity index (χ0) is 16.6. The van der Waals surface area contributed by atoms with Crippen LogP contribution in [0.15, 0.2) is 48.8 Å². The summed E-state index contributed by atoms with van der Waals surface area (Å²) in [5.74, 6) is 1.65. The Morgan fingerprint density at radius 1 is 0.920 bits per heavy atom. The number of hydrogen-bond acceptors (Lipinski definition) is 4.